The molecule has 74 valence electrons. The van der Waals surface area contributed by atoms with Gasteiger partial charge in [-0.25, -0.2) is 4.98 Å². The molecule has 0 aliphatic carbocycles. The first-order chi connectivity index (χ1) is 6.15. The summed E-state index contributed by atoms with van der Waals surface area (Å²) in [5.74, 6) is 2.02. The zero-order valence-corrected chi connectivity index (χ0v) is 8.54. The van der Waals surface area contributed by atoms with Crippen LogP contribution in [-0.4, -0.2) is 15.2 Å². The van der Waals surface area contributed by atoms with Gasteiger partial charge in [-0.15, -0.1) is 0 Å². The van der Waals surface area contributed by atoms with Crippen LogP contribution < -0.4 is 5.73 Å². The fourth-order valence-electron chi connectivity index (χ4n) is 1.16. The highest BCUT2D eigenvalue weighted by Gasteiger charge is 2.11. The van der Waals surface area contributed by atoms with Gasteiger partial charge in [0.15, 0.2) is 5.82 Å². The highest BCUT2D eigenvalue weighted by atomic mass is 15.2. The fourth-order valence-corrected chi connectivity index (χ4v) is 1.16. The van der Waals surface area contributed by atoms with E-state index in [4.69, 9.17) is 5.73 Å². The van der Waals surface area contributed by atoms with Crippen LogP contribution in [0, 0.1) is 0 Å². The normalized spacial score (nSPS) is 13.6. The average Bonchev–Trinajstić information content (AvgIpc) is 2.52. The molecule has 0 radical (unpaired) electrons. The number of nitrogens with zero attached hydrogens (tertiary/aromatic N) is 2. The molecule has 4 heteroatoms. The fraction of sp³-hybridized carbons (Fsp3) is 0.778. The third kappa shape index (κ3) is 2.52. The van der Waals surface area contributed by atoms with E-state index in [9.17, 15) is 0 Å². The van der Waals surface area contributed by atoms with Crippen molar-refractivity contribution in [2.75, 3.05) is 0 Å². The predicted molar refractivity (Wildman–Crippen MR) is 52.3 cm³/mol. The van der Waals surface area contributed by atoms with Gasteiger partial charge in [0.2, 0.25) is 0 Å². The van der Waals surface area contributed by atoms with Crippen LogP contribution in [0.4, 0.5) is 0 Å². The Morgan fingerprint density at radius 1 is 1.46 bits per heavy atom. The summed E-state index contributed by atoms with van der Waals surface area (Å²) in [6.45, 7) is 6.25. The summed E-state index contributed by atoms with van der Waals surface area (Å²) in [7, 11) is 0. The standard InChI is InChI=1S/C9H18N4/c1-4-5-7(10)9-11-8(6(2)3)12-13-9/h6-7H,4-5,10H2,1-3H3,(H,11,12,13)/t7-/m0/s1. The van der Waals surface area contributed by atoms with Gasteiger partial charge in [0, 0.05) is 5.92 Å². The van der Waals surface area contributed by atoms with Gasteiger partial charge in [0.05, 0.1) is 6.04 Å². The van der Waals surface area contributed by atoms with E-state index in [-0.39, 0.29) is 6.04 Å². The smallest absolute Gasteiger partial charge is 0.153 e. The van der Waals surface area contributed by atoms with Crippen LogP contribution in [0.5, 0.6) is 0 Å². The van der Waals surface area contributed by atoms with Crippen molar-refractivity contribution in [1.82, 2.24) is 15.2 Å². The maximum atomic E-state index is 5.89. The molecule has 0 fully saturated rings. The molecule has 1 aromatic rings. The number of aromatic amines is 1. The van der Waals surface area contributed by atoms with Gasteiger partial charge in [-0.1, -0.05) is 27.2 Å². The summed E-state index contributed by atoms with van der Waals surface area (Å²) in [4.78, 5) is 4.34. The Morgan fingerprint density at radius 3 is 2.62 bits per heavy atom. The van der Waals surface area contributed by atoms with Crippen LogP contribution in [0.25, 0.3) is 0 Å². The summed E-state index contributed by atoms with van der Waals surface area (Å²) < 4.78 is 0. The summed E-state index contributed by atoms with van der Waals surface area (Å²) in [5.41, 5.74) is 5.89. The second kappa shape index (κ2) is 4.37. The number of hydrogen-bond donors (Lipinski definition) is 2. The largest absolute Gasteiger partial charge is 0.321 e. The Hall–Kier alpha value is -0.900. The van der Waals surface area contributed by atoms with E-state index in [2.05, 4.69) is 36.0 Å². The van der Waals surface area contributed by atoms with Crippen molar-refractivity contribution in [1.29, 1.82) is 0 Å². The van der Waals surface area contributed by atoms with E-state index in [0.29, 0.717) is 5.92 Å². The van der Waals surface area contributed by atoms with Gasteiger partial charge in [-0.3, -0.25) is 5.10 Å². The molecule has 0 saturated heterocycles. The number of aromatic nitrogens is 3. The number of hydrogen-bond acceptors (Lipinski definition) is 3. The molecule has 4 nitrogen and oxygen atoms in total. The van der Waals surface area contributed by atoms with Crippen molar-refractivity contribution in [3.63, 3.8) is 0 Å². The summed E-state index contributed by atoms with van der Waals surface area (Å²) in [6.07, 6.45) is 2.02. The average molecular weight is 182 g/mol. The molecule has 0 unspecified atom stereocenters. The molecule has 3 N–H and O–H groups in total. The molecule has 0 bridgehead atoms. The van der Waals surface area contributed by atoms with Crippen LogP contribution in [-0.2, 0) is 0 Å². The molecule has 0 aromatic carbocycles. The first-order valence-electron chi connectivity index (χ1n) is 4.83. The lowest BCUT2D eigenvalue weighted by atomic mass is 10.2. The van der Waals surface area contributed by atoms with Crippen molar-refractivity contribution in [3.8, 4) is 0 Å². The van der Waals surface area contributed by atoms with Crippen molar-refractivity contribution in [3.05, 3.63) is 11.6 Å². The third-order valence-electron chi connectivity index (χ3n) is 1.99. The number of H-pyrrole nitrogens is 1. The van der Waals surface area contributed by atoms with Gasteiger partial charge in [-0.05, 0) is 6.42 Å². The topological polar surface area (TPSA) is 67.6 Å². The molecule has 1 atom stereocenters. The molecule has 0 saturated carbocycles. The Bertz CT molecular complexity index is 254. The van der Waals surface area contributed by atoms with Crippen LogP contribution in [0.1, 0.15) is 57.2 Å². The van der Waals surface area contributed by atoms with Crippen molar-refractivity contribution in [2.24, 2.45) is 5.73 Å². The molecule has 1 aromatic heterocycles. The van der Waals surface area contributed by atoms with E-state index in [0.717, 1.165) is 24.5 Å². The Labute approximate surface area is 78.9 Å². The van der Waals surface area contributed by atoms with E-state index >= 15 is 0 Å². The monoisotopic (exact) mass is 182 g/mol. The molecule has 0 amide bonds. The highest BCUT2D eigenvalue weighted by molar-refractivity contribution is 4.98. The molecule has 1 rings (SSSR count). The summed E-state index contributed by atoms with van der Waals surface area (Å²) in [6, 6.07) is 0.00463. The van der Waals surface area contributed by atoms with Crippen molar-refractivity contribution in [2.45, 2.75) is 45.6 Å². The van der Waals surface area contributed by atoms with E-state index in [1.807, 2.05) is 0 Å². The minimum Gasteiger partial charge on any atom is -0.321 e. The van der Waals surface area contributed by atoms with Gasteiger partial charge in [0.1, 0.15) is 5.82 Å². The minimum atomic E-state index is 0.00463. The Morgan fingerprint density at radius 2 is 2.15 bits per heavy atom. The molecule has 0 aliphatic heterocycles. The van der Waals surface area contributed by atoms with E-state index in [1.165, 1.54) is 0 Å². The zero-order chi connectivity index (χ0) is 9.84. The third-order valence-corrected chi connectivity index (χ3v) is 1.99. The lowest BCUT2D eigenvalue weighted by molar-refractivity contribution is 0.603. The predicted octanol–water partition coefficient (Wildman–Crippen LogP) is 1.73. The Kier molecular flexibility index (Phi) is 3.42. The van der Waals surface area contributed by atoms with E-state index in [1.54, 1.807) is 0 Å². The van der Waals surface area contributed by atoms with Crippen LogP contribution in [0.3, 0.4) is 0 Å². The first-order valence-corrected chi connectivity index (χ1v) is 4.83. The summed E-state index contributed by atoms with van der Waals surface area (Å²) >= 11 is 0. The molecule has 0 spiro atoms. The Balaban J connectivity index is 2.67. The van der Waals surface area contributed by atoms with Gasteiger partial charge in [-0.2, -0.15) is 5.10 Å². The first kappa shape index (κ1) is 10.2. The molecular formula is C9H18N4. The highest BCUT2D eigenvalue weighted by Crippen LogP contribution is 2.14. The maximum Gasteiger partial charge on any atom is 0.153 e. The second-order valence-corrected chi connectivity index (χ2v) is 3.63. The molecule has 13 heavy (non-hydrogen) atoms. The number of nitrogens with one attached hydrogen (secondary N) is 1. The van der Waals surface area contributed by atoms with E-state index < -0.39 is 0 Å². The van der Waals surface area contributed by atoms with Crippen molar-refractivity contribution >= 4 is 0 Å². The maximum absolute atomic E-state index is 5.89. The van der Waals surface area contributed by atoms with Crippen LogP contribution in [0.15, 0.2) is 0 Å². The van der Waals surface area contributed by atoms with Gasteiger partial charge < -0.3 is 5.73 Å². The van der Waals surface area contributed by atoms with Crippen molar-refractivity contribution < 1.29 is 0 Å². The molecule has 0 aliphatic rings. The SMILES string of the molecule is CCC[C@H](N)c1nc(C(C)C)n[nH]1. The minimum absolute atomic E-state index is 0.00463. The van der Waals surface area contributed by atoms with Crippen LogP contribution in [0.2, 0.25) is 0 Å². The second-order valence-electron chi connectivity index (χ2n) is 3.63. The van der Waals surface area contributed by atoms with Crippen LogP contribution >= 0.6 is 0 Å². The number of rotatable bonds is 4. The van der Waals surface area contributed by atoms with Gasteiger partial charge >= 0.3 is 0 Å². The zero-order valence-electron chi connectivity index (χ0n) is 8.54. The lowest BCUT2D eigenvalue weighted by Crippen LogP contribution is -2.11. The molecular weight excluding hydrogens is 164 g/mol. The van der Waals surface area contributed by atoms with Gasteiger partial charge in [0.25, 0.3) is 0 Å². The summed E-state index contributed by atoms with van der Waals surface area (Å²) in [5, 5.41) is 6.99. The molecule has 1 heterocycles. The quantitative estimate of drug-likeness (QED) is 0.745. The number of nitrogens with two attached hydrogens (primary N) is 1. The lowest BCUT2D eigenvalue weighted by Gasteiger charge is -2.04.